The first-order chi connectivity index (χ1) is 40.4. The van der Waals surface area contributed by atoms with Crippen LogP contribution >= 0.6 is 0 Å². The summed E-state index contributed by atoms with van der Waals surface area (Å²) in [6.07, 6.45) is 19.7. The van der Waals surface area contributed by atoms with Gasteiger partial charge in [-0.25, -0.2) is 13.2 Å². The molecule has 0 saturated heterocycles. The molecule has 17 heteroatoms. The Balaban J connectivity index is 0.000000248. The topological polar surface area (TPSA) is 147 Å². The highest BCUT2D eigenvalue weighted by atomic mass is 19.4. The van der Waals surface area contributed by atoms with Crippen LogP contribution in [0.15, 0.2) is 162 Å². The predicted octanol–water partition coefficient (Wildman–Crippen LogP) is 16.5. The maximum Gasteiger partial charge on any atom is 0.414 e. The number of nitriles is 1. The van der Waals surface area contributed by atoms with E-state index in [4.69, 9.17) is 5.26 Å². The molecule has 0 amide bonds. The molecule has 10 aliphatic heterocycles. The minimum absolute atomic E-state index is 0.162. The van der Waals surface area contributed by atoms with Gasteiger partial charge in [0.2, 0.25) is 0 Å². The number of hydrogen-bond acceptors (Lipinski definition) is 11. The second kappa shape index (κ2) is 37.6. The van der Waals surface area contributed by atoms with Crippen molar-refractivity contribution < 1.29 is 26.3 Å². The Hall–Kier alpha value is -6.83. The summed E-state index contributed by atoms with van der Waals surface area (Å²) in [5.74, 6) is 2.45. The molecule has 11 nitrogen and oxygen atoms in total. The molecule has 2 aliphatic carbocycles. The Bertz CT molecular complexity index is 2870. The third-order valence-electron chi connectivity index (χ3n) is 15.3. The van der Waals surface area contributed by atoms with Gasteiger partial charge in [-0.1, -0.05) is 39.8 Å². The fourth-order valence-corrected chi connectivity index (χ4v) is 8.97. The molecule has 0 aromatic heterocycles. The Morgan fingerprint density at radius 2 is 0.976 bits per heavy atom. The number of hydrogen-bond donors (Lipinski definition) is 0. The largest absolute Gasteiger partial charge is 0.414 e. The highest BCUT2D eigenvalue weighted by Crippen LogP contribution is 2.39. The van der Waals surface area contributed by atoms with E-state index in [1.54, 1.807) is 24.9 Å². The fourth-order valence-electron chi connectivity index (χ4n) is 8.97. The Labute approximate surface area is 504 Å². The highest BCUT2D eigenvalue weighted by molar-refractivity contribution is 6.04. The Morgan fingerprint density at radius 1 is 0.506 bits per heavy atom. The second-order valence-corrected chi connectivity index (χ2v) is 22.5. The van der Waals surface area contributed by atoms with Crippen LogP contribution in [0.3, 0.4) is 0 Å². The monoisotopic (exact) mass is 1180 g/mol. The average molecular weight is 1180 g/mol. The van der Waals surface area contributed by atoms with Gasteiger partial charge in [0.25, 0.3) is 6.43 Å². The van der Waals surface area contributed by atoms with Gasteiger partial charge in [-0.15, -0.1) is 0 Å². The molecular formula is C68H93F6N11. The molecule has 10 heterocycles. The summed E-state index contributed by atoms with van der Waals surface area (Å²) in [5, 5.41) is 8.35. The number of nitrogens with zero attached hydrogens (tertiary/aromatic N) is 11. The first-order valence-electron chi connectivity index (χ1n) is 29.6. The minimum atomic E-state index is -4.19. The van der Waals surface area contributed by atoms with Gasteiger partial charge in [-0.2, -0.15) is 18.4 Å². The standard InChI is InChI=1S/2C8H11N.C8H13N.2C7H11N.C6H6F3N.C6H7F2N.C6H8FN.C6H6N2.C6H9N/c1-6-4-9-5-8(6)7-2-3-7;1-6-4-5-9-8(6)7-2-3-7;1-6(2)8-5-9-4-7(8)3;1-3-7-5-8-4-6(7)2;1-3-7-6(2)4-5-8-7;1-4-2-10-3-5(4)6(7,8)9;1-4-2-9-3-5(4)6(7)8;2*1-5-3-8-4-6(5)2-7;1-5-3-7-4-6(5)2/h2*4,7H,2-3,5H2,1H3;4,6H,5H2,1-3H3;2*4H,3,5H2,1-2H3;2H,3H2,1H3;2,6H,3H2,1H3;3H,2,4H2,1H3;3H,4H2,1H3;3H,4H2,1-2H3. The van der Waals surface area contributed by atoms with E-state index >= 15 is 0 Å². The van der Waals surface area contributed by atoms with Crippen LogP contribution in [0, 0.1) is 29.1 Å². The van der Waals surface area contributed by atoms with Gasteiger partial charge >= 0.3 is 6.18 Å². The maximum atomic E-state index is 11.9. The molecule has 0 atom stereocenters. The van der Waals surface area contributed by atoms with E-state index in [0.717, 1.165) is 86.2 Å². The van der Waals surface area contributed by atoms with Crippen molar-refractivity contribution in [3.05, 3.63) is 112 Å². The van der Waals surface area contributed by atoms with Crippen molar-refractivity contribution in [3.8, 4) is 6.07 Å². The summed E-state index contributed by atoms with van der Waals surface area (Å²) in [6, 6.07) is 2.07. The normalized spacial score (nSPS) is 19.9. The van der Waals surface area contributed by atoms with Crippen molar-refractivity contribution in [2.24, 2.45) is 67.7 Å². The van der Waals surface area contributed by atoms with Gasteiger partial charge in [-0.3, -0.25) is 49.9 Å². The van der Waals surface area contributed by atoms with Gasteiger partial charge in [0, 0.05) is 72.6 Å². The summed E-state index contributed by atoms with van der Waals surface area (Å²) in [5.41, 5.74) is 21.1. The number of aliphatic imine (C=N–C) groups is 10. The highest BCUT2D eigenvalue weighted by Gasteiger charge is 2.36. The molecule has 0 aromatic rings. The summed E-state index contributed by atoms with van der Waals surface area (Å²) >= 11 is 0. The quantitative estimate of drug-likeness (QED) is 0.230. The van der Waals surface area contributed by atoms with Crippen LogP contribution in [0.2, 0.25) is 0 Å². The van der Waals surface area contributed by atoms with Crippen LogP contribution in [0.1, 0.15) is 142 Å². The molecule has 462 valence electrons. The molecule has 0 N–H and O–H groups in total. The van der Waals surface area contributed by atoms with E-state index < -0.39 is 18.2 Å². The third-order valence-corrected chi connectivity index (χ3v) is 15.3. The lowest BCUT2D eigenvalue weighted by Gasteiger charge is -2.06. The third kappa shape index (κ3) is 26.1. The lowest BCUT2D eigenvalue weighted by molar-refractivity contribution is -0.0922. The molecule has 2 saturated carbocycles. The Morgan fingerprint density at radius 3 is 1.22 bits per heavy atom. The van der Waals surface area contributed by atoms with E-state index in [-0.39, 0.29) is 30.9 Å². The van der Waals surface area contributed by atoms with E-state index in [1.807, 2.05) is 38.7 Å². The number of rotatable bonds is 7. The van der Waals surface area contributed by atoms with Crippen molar-refractivity contribution >= 4 is 61.1 Å². The number of alkyl halides is 6. The van der Waals surface area contributed by atoms with Gasteiger partial charge < -0.3 is 0 Å². The molecule has 0 bridgehead atoms. The summed E-state index contributed by atoms with van der Waals surface area (Å²) in [4.78, 5) is 40.2. The zero-order valence-corrected chi connectivity index (χ0v) is 53.3. The van der Waals surface area contributed by atoms with Crippen LogP contribution in [0.4, 0.5) is 26.3 Å². The van der Waals surface area contributed by atoms with Crippen molar-refractivity contribution in [2.45, 2.75) is 155 Å². The van der Waals surface area contributed by atoms with Gasteiger partial charge in [0.15, 0.2) is 0 Å². The summed E-state index contributed by atoms with van der Waals surface area (Å²) in [6.45, 7) is 36.9. The molecule has 0 radical (unpaired) electrons. The van der Waals surface area contributed by atoms with Crippen molar-refractivity contribution in [2.75, 3.05) is 72.1 Å². The van der Waals surface area contributed by atoms with Gasteiger partial charge in [0.05, 0.1) is 82.7 Å². The number of allylic oxidation sites excluding steroid dienone is 10. The lowest BCUT2D eigenvalue weighted by atomic mass is 10.0. The molecular weight excluding hydrogens is 1080 g/mol. The Kier molecular flexibility index (Phi) is 32.0. The molecule has 0 unspecified atom stereocenters. The summed E-state index contributed by atoms with van der Waals surface area (Å²) in [7, 11) is 0. The van der Waals surface area contributed by atoms with Gasteiger partial charge in [-0.05, 0) is 210 Å². The maximum absolute atomic E-state index is 11.9. The average Bonchev–Trinajstić information content (AvgIpc) is 4.30. The van der Waals surface area contributed by atoms with Crippen LogP contribution in [-0.2, 0) is 0 Å². The van der Waals surface area contributed by atoms with Crippen LogP contribution in [-0.4, -0.2) is 146 Å². The molecule has 2 fully saturated rings. The number of halogens is 6. The van der Waals surface area contributed by atoms with Crippen molar-refractivity contribution in [1.29, 1.82) is 5.26 Å². The van der Waals surface area contributed by atoms with Crippen molar-refractivity contribution in [3.63, 3.8) is 0 Å². The van der Waals surface area contributed by atoms with Crippen molar-refractivity contribution in [1.82, 2.24) is 0 Å². The lowest BCUT2D eigenvalue weighted by Crippen LogP contribution is -2.13. The second-order valence-electron chi connectivity index (χ2n) is 22.5. The zero-order chi connectivity index (χ0) is 63.2. The molecule has 0 aromatic carbocycles. The molecule has 0 spiro atoms. The van der Waals surface area contributed by atoms with E-state index in [2.05, 4.69) is 144 Å². The first kappa shape index (κ1) is 72.4. The van der Waals surface area contributed by atoms with Crippen LogP contribution < -0.4 is 0 Å². The van der Waals surface area contributed by atoms with E-state index in [1.165, 1.54) is 107 Å². The molecule has 85 heavy (non-hydrogen) atoms. The fraction of sp³-hybridized carbons (Fsp3) is 0.544. The zero-order valence-electron chi connectivity index (χ0n) is 53.3. The van der Waals surface area contributed by atoms with Crippen LogP contribution in [0.25, 0.3) is 0 Å². The molecule has 12 aliphatic rings. The summed E-state index contributed by atoms with van der Waals surface area (Å²) < 4.78 is 71.1. The minimum Gasteiger partial charge on any atom is -0.288 e. The van der Waals surface area contributed by atoms with E-state index in [9.17, 15) is 26.3 Å². The first-order valence-corrected chi connectivity index (χ1v) is 29.6. The van der Waals surface area contributed by atoms with Crippen LogP contribution in [0.5, 0.6) is 0 Å². The van der Waals surface area contributed by atoms with E-state index in [0.29, 0.717) is 24.6 Å². The van der Waals surface area contributed by atoms with Gasteiger partial charge in [0.1, 0.15) is 6.67 Å². The SMILES string of the molecule is CC1=C(C#N)CN=C1.CC1=C(C(C)C)CN=C1.CC1=C(C(F)(F)F)CN=C1.CC1=C(C(F)F)CN=C1.CC1=C(C)CN=C1.CC1=C(C2CC2)CN=C1.CC1=C(CF)CN=C1.CC1=CCN=C1C1CC1.CCC1=C(C)C=NC1.CCC1=NCC=C1C. The molecule has 12 rings (SSSR count). The predicted molar refractivity (Wildman–Crippen MR) is 351 cm³/mol. The smallest absolute Gasteiger partial charge is 0.288 e.